The van der Waals surface area contributed by atoms with Crippen LogP contribution in [-0.4, -0.2) is 85.4 Å². The Morgan fingerprint density at radius 3 is 1.92 bits per heavy atom. The van der Waals surface area contributed by atoms with Crippen molar-refractivity contribution in [2.24, 2.45) is 17.2 Å². The first-order valence-electron chi connectivity index (χ1n) is 11.9. The topological polar surface area (TPSA) is 277 Å². The van der Waals surface area contributed by atoms with E-state index in [4.69, 9.17) is 17.2 Å². The number of rotatable bonds is 17. The number of carboxylic acid groups (broad SMARTS) is 1. The number of aromatic amines is 2. The monoisotopic (exact) mass is 534 g/mol. The number of carboxylic acids is 1. The van der Waals surface area contributed by atoms with E-state index >= 15 is 0 Å². The Labute approximate surface area is 217 Å². The molecule has 0 fully saturated rings. The molecule has 4 amide bonds. The maximum absolute atomic E-state index is 13.2. The summed E-state index contributed by atoms with van der Waals surface area (Å²) in [6.45, 7) is 0.378. The van der Waals surface area contributed by atoms with E-state index in [1.165, 1.54) is 25.0 Å². The molecule has 208 valence electrons. The predicted molar refractivity (Wildman–Crippen MR) is 133 cm³/mol. The minimum Gasteiger partial charge on any atom is -0.480 e. The second-order valence-corrected chi connectivity index (χ2v) is 8.65. The summed E-state index contributed by atoms with van der Waals surface area (Å²) in [6.07, 6.45) is 6.52. The van der Waals surface area contributed by atoms with Crippen molar-refractivity contribution < 1.29 is 29.1 Å². The highest BCUT2D eigenvalue weighted by atomic mass is 16.4. The first-order valence-corrected chi connectivity index (χ1v) is 11.9. The van der Waals surface area contributed by atoms with Crippen LogP contribution in [0.2, 0.25) is 0 Å². The molecule has 4 atom stereocenters. The van der Waals surface area contributed by atoms with Gasteiger partial charge in [-0.25, -0.2) is 14.8 Å². The van der Waals surface area contributed by atoms with Crippen molar-refractivity contribution in [3.05, 3.63) is 36.4 Å². The van der Waals surface area contributed by atoms with Gasteiger partial charge in [0.25, 0.3) is 0 Å². The number of aromatic nitrogens is 4. The van der Waals surface area contributed by atoms with E-state index in [1.807, 2.05) is 0 Å². The lowest BCUT2D eigenvalue weighted by atomic mass is 10.0. The molecule has 0 aliphatic carbocycles. The molecule has 16 heteroatoms. The van der Waals surface area contributed by atoms with E-state index in [0.717, 1.165) is 0 Å². The molecular weight excluding hydrogens is 500 g/mol. The summed E-state index contributed by atoms with van der Waals surface area (Å²) in [5.41, 5.74) is 17.7. The molecule has 4 unspecified atom stereocenters. The number of nitrogens with one attached hydrogen (secondary N) is 5. The van der Waals surface area contributed by atoms with Crippen LogP contribution in [0.15, 0.2) is 25.0 Å². The molecule has 2 heterocycles. The van der Waals surface area contributed by atoms with Gasteiger partial charge >= 0.3 is 5.97 Å². The highest BCUT2D eigenvalue weighted by Crippen LogP contribution is 2.06. The van der Waals surface area contributed by atoms with Crippen LogP contribution in [-0.2, 0) is 36.8 Å². The van der Waals surface area contributed by atoms with Gasteiger partial charge in [-0.15, -0.1) is 0 Å². The molecule has 2 aromatic heterocycles. The molecule has 16 nitrogen and oxygen atoms in total. The number of imidazole rings is 2. The Morgan fingerprint density at radius 1 is 0.842 bits per heavy atom. The fourth-order valence-electron chi connectivity index (χ4n) is 3.54. The van der Waals surface area contributed by atoms with Gasteiger partial charge in [-0.05, 0) is 25.8 Å². The number of carbonyl (C=O) groups excluding carboxylic acids is 4. The van der Waals surface area contributed by atoms with Crippen LogP contribution in [0.5, 0.6) is 0 Å². The number of H-pyrrole nitrogens is 2. The minimum absolute atomic E-state index is 0.0801. The first kappa shape index (κ1) is 29.9. The number of hydrogen-bond acceptors (Lipinski definition) is 9. The summed E-state index contributed by atoms with van der Waals surface area (Å²) in [7, 11) is 0. The Morgan fingerprint density at radius 2 is 1.39 bits per heavy atom. The van der Waals surface area contributed by atoms with Crippen LogP contribution in [0.3, 0.4) is 0 Å². The number of carbonyl (C=O) groups is 5. The zero-order chi connectivity index (χ0) is 28.1. The summed E-state index contributed by atoms with van der Waals surface area (Å²) in [5, 5.41) is 16.7. The summed E-state index contributed by atoms with van der Waals surface area (Å²) in [4.78, 5) is 75.1. The van der Waals surface area contributed by atoms with Crippen LogP contribution in [0.4, 0.5) is 0 Å². The van der Waals surface area contributed by atoms with Crippen molar-refractivity contribution in [3.63, 3.8) is 0 Å². The molecule has 0 aliphatic rings. The van der Waals surface area contributed by atoms with Crippen LogP contribution < -0.4 is 33.2 Å². The van der Waals surface area contributed by atoms with Gasteiger partial charge < -0.3 is 48.2 Å². The van der Waals surface area contributed by atoms with Crippen molar-refractivity contribution in [1.29, 1.82) is 0 Å². The number of primary amides is 1. The standard InChI is InChI=1S/C22H34N10O6/c23-4-2-1-3-15(30-19(34)14(24)5-12-8-26-10-28-12)20(35)31-16(6-13-9-27-11-29-13)21(36)32-17(22(37)38)7-18(25)33/h8-11,14-17H,1-7,23-24H2,(H2,25,33)(H,26,28)(H,27,29)(H,30,34)(H,31,35)(H,32,36)(H,37,38). The molecule has 12 N–H and O–H groups in total. The molecule has 0 radical (unpaired) electrons. The maximum Gasteiger partial charge on any atom is 0.326 e. The molecule has 2 aromatic rings. The average molecular weight is 535 g/mol. The van der Waals surface area contributed by atoms with Crippen molar-refractivity contribution in [1.82, 2.24) is 35.9 Å². The Hall–Kier alpha value is -4.31. The predicted octanol–water partition coefficient (Wildman–Crippen LogP) is -3.21. The van der Waals surface area contributed by atoms with Gasteiger partial charge in [0.1, 0.15) is 18.1 Å². The second kappa shape index (κ2) is 15.1. The Bertz CT molecular complexity index is 1060. The SMILES string of the molecule is NCCCCC(NC(=O)C(N)Cc1cnc[nH]1)C(=O)NC(Cc1cnc[nH]1)C(=O)NC(CC(N)=O)C(=O)O. The van der Waals surface area contributed by atoms with Crippen molar-refractivity contribution >= 4 is 29.6 Å². The summed E-state index contributed by atoms with van der Waals surface area (Å²) < 4.78 is 0. The minimum atomic E-state index is -1.60. The molecule has 0 saturated carbocycles. The first-order chi connectivity index (χ1) is 18.1. The van der Waals surface area contributed by atoms with Gasteiger partial charge in [0.05, 0.1) is 25.1 Å². The Kier molecular flexibility index (Phi) is 11.9. The van der Waals surface area contributed by atoms with Gasteiger partial charge in [-0.2, -0.15) is 0 Å². The summed E-state index contributed by atoms with van der Waals surface area (Å²) >= 11 is 0. The lowest BCUT2D eigenvalue weighted by Gasteiger charge is -2.25. The van der Waals surface area contributed by atoms with Crippen LogP contribution in [0.25, 0.3) is 0 Å². The molecule has 2 rings (SSSR count). The number of aliphatic carboxylic acids is 1. The van der Waals surface area contributed by atoms with E-state index in [0.29, 0.717) is 30.8 Å². The Balaban J connectivity index is 2.16. The smallest absolute Gasteiger partial charge is 0.326 e. The molecule has 0 spiro atoms. The van der Waals surface area contributed by atoms with E-state index in [-0.39, 0.29) is 19.3 Å². The highest BCUT2D eigenvalue weighted by molar-refractivity contribution is 5.95. The third-order valence-electron chi connectivity index (χ3n) is 5.54. The maximum atomic E-state index is 13.2. The quantitative estimate of drug-likeness (QED) is 0.0915. The molecule has 0 saturated heterocycles. The zero-order valence-corrected chi connectivity index (χ0v) is 20.7. The number of nitrogens with zero attached hydrogens (tertiary/aromatic N) is 2. The fourth-order valence-corrected chi connectivity index (χ4v) is 3.54. The van der Waals surface area contributed by atoms with Gasteiger partial charge in [0.15, 0.2) is 0 Å². The van der Waals surface area contributed by atoms with Gasteiger partial charge in [-0.3, -0.25) is 19.2 Å². The van der Waals surface area contributed by atoms with E-state index in [2.05, 4.69) is 35.9 Å². The van der Waals surface area contributed by atoms with E-state index in [9.17, 15) is 29.1 Å². The van der Waals surface area contributed by atoms with Gasteiger partial charge in [0, 0.05) is 36.6 Å². The molecular formula is C22H34N10O6. The van der Waals surface area contributed by atoms with Crippen LogP contribution in [0.1, 0.15) is 37.1 Å². The largest absolute Gasteiger partial charge is 0.480 e. The fraction of sp³-hybridized carbons (Fsp3) is 0.500. The average Bonchev–Trinajstić information content (AvgIpc) is 3.56. The summed E-state index contributed by atoms with van der Waals surface area (Å²) in [6, 6.07) is -4.90. The number of unbranched alkanes of at least 4 members (excludes halogenated alkanes) is 1. The molecule has 0 bridgehead atoms. The second-order valence-electron chi connectivity index (χ2n) is 8.65. The highest BCUT2D eigenvalue weighted by Gasteiger charge is 2.31. The molecule has 38 heavy (non-hydrogen) atoms. The van der Waals surface area contributed by atoms with E-state index < -0.39 is 60.2 Å². The summed E-state index contributed by atoms with van der Waals surface area (Å²) in [5.74, 6) is -4.55. The number of amides is 4. The van der Waals surface area contributed by atoms with Gasteiger partial charge in [0.2, 0.25) is 23.6 Å². The lowest BCUT2D eigenvalue weighted by molar-refractivity contribution is -0.143. The lowest BCUT2D eigenvalue weighted by Crippen LogP contribution is -2.58. The van der Waals surface area contributed by atoms with Gasteiger partial charge in [-0.1, -0.05) is 0 Å². The molecule has 0 aromatic carbocycles. The van der Waals surface area contributed by atoms with Crippen LogP contribution >= 0.6 is 0 Å². The van der Waals surface area contributed by atoms with E-state index in [1.54, 1.807) is 0 Å². The zero-order valence-electron chi connectivity index (χ0n) is 20.7. The normalized spacial score (nSPS) is 14.1. The molecule has 0 aliphatic heterocycles. The third-order valence-corrected chi connectivity index (χ3v) is 5.54. The van der Waals surface area contributed by atoms with Crippen molar-refractivity contribution in [3.8, 4) is 0 Å². The number of hydrogen-bond donors (Lipinski definition) is 9. The van der Waals surface area contributed by atoms with Crippen LogP contribution in [0, 0.1) is 0 Å². The van der Waals surface area contributed by atoms with Crippen molar-refractivity contribution in [2.45, 2.75) is 62.7 Å². The third kappa shape index (κ3) is 9.98. The van der Waals surface area contributed by atoms with Crippen molar-refractivity contribution in [2.75, 3.05) is 6.54 Å². The number of nitrogens with two attached hydrogens (primary N) is 3.